The lowest BCUT2D eigenvalue weighted by molar-refractivity contribution is -0.384. The lowest BCUT2D eigenvalue weighted by Crippen LogP contribution is -2.23. The highest BCUT2D eigenvalue weighted by atomic mass is 16.6. The van der Waals surface area contributed by atoms with Gasteiger partial charge < -0.3 is 5.32 Å². The van der Waals surface area contributed by atoms with Crippen LogP contribution in [0.4, 0.5) is 5.69 Å². The number of nitrogens with zero attached hydrogens (tertiary/aromatic N) is 2. The van der Waals surface area contributed by atoms with E-state index in [1.807, 2.05) is 0 Å². The van der Waals surface area contributed by atoms with Gasteiger partial charge in [0.1, 0.15) is 6.54 Å². The molecule has 1 aromatic rings. The fourth-order valence-corrected chi connectivity index (χ4v) is 1.22. The lowest BCUT2D eigenvalue weighted by Gasteiger charge is -2.02. The van der Waals surface area contributed by atoms with Crippen molar-refractivity contribution in [1.82, 2.24) is 5.32 Å². The van der Waals surface area contributed by atoms with E-state index in [0.717, 1.165) is 0 Å². The zero-order valence-corrected chi connectivity index (χ0v) is 8.56. The molecule has 1 rings (SSSR count). The SMILES string of the molecule is Cc1cc(C(=O)NCC#N)cc([N+](=O)[O-])c1. The molecule has 0 saturated heterocycles. The van der Waals surface area contributed by atoms with Crippen LogP contribution in [0.1, 0.15) is 15.9 Å². The zero-order chi connectivity index (χ0) is 12.1. The molecule has 1 aromatic carbocycles. The number of carbonyl (C=O) groups excluding carboxylic acids is 1. The van der Waals surface area contributed by atoms with Gasteiger partial charge in [-0.05, 0) is 18.6 Å². The van der Waals surface area contributed by atoms with Crippen molar-refractivity contribution in [1.29, 1.82) is 5.26 Å². The third-order valence-corrected chi connectivity index (χ3v) is 1.86. The van der Waals surface area contributed by atoms with E-state index in [2.05, 4.69) is 5.32 Å². The van der Waals surface area contributed by atoms with Crippen LogP contribution >= 0.6 is 0 Å². The van der Waals surface area contributed by atoms with Gasteiger partial charge in [-0.25, -0.2) is 0 Å². The molecule has 0 radical (unpaired) electrons. The van der Waals surface area contributed by atoms with Crippen molar-refractivity contribution in [3.63, 3.8) is 0 Å². The maximum absolute atomic E-state index is 11.4. The van der Waals surface area contributed by atoms with Crippen molar-refractivity contribution >= 4 is 11.6 Å². The predicted octanol–water partition coefficient (Wildman–Crippen LogP) is 1.16. The second kappa shape index (κ2) is 4.89. The number of nitriles is 1. The van der Waals surface area contributed by atoms with E-state index in [4.69, 9.17) is 5.26 Å². The molecule has 0 unspecified atom stereocenters. The van der Waals surface area contributed by atoms with E-state index in [0.29, 0.717) is 5.56 Å². The number of carbonyl (C=O) groups is 1. The second-order valence-corrected chi connectivity index (χ2v) is 3.16. The zero-order valence-electron chi connectivity index (χ0n) is 8.56. The van der Waals surface area contributed by atoms with Gasteiger partial charge in [-0.15, -0.1) is 0 Å². The molecular formula is C10H9N3O3. The van der Waals surface area contributed by atoms with Crippen molar-refractivity contribution < 1.29 is 9.72 Å². The normalized spacial score (nSPS) is 9.25. The van der Waals surface area contributed by atoms with Crippen LogP contribution in [-0.4, -0.2) is 17.4 Å². The Morgan fingerprint density at radius 2 is 2.25 bits per heavy atom. The fourth-order valence-electron chi connectivity index (χ4n) is 1.22. The Kier molecular flexibility index (Phi) is 3.56. The lowest BCUT2D eigenvalue weighted by atomic mass is 10.1. The minimum absolute atomic E-state index is 0.124. The Labute approximate surface area is 91.6 Å². The first-order valence-electron chi connectivity index (χ1n) is 4.46. The summed E-state index contributed by atoms with van der Waals surface area (Å²) in [4.78, 5) is 21.4. The average molecular weight is 219 g/mol. The number of nitro groups is 1. The molecule has 6 nitrogen and oxygen atoms in total. The van der Waals surface area contributed by atoms with Crippen LogP contribution in [0.25, 0.3) is 0 Å². The number of non-ortho nitro benzene ring substituents is 1. The molecule has 16 heavy (non-hydrogen) atoms. The summed E-state index contributed by atoms with van der Waals surface area (Å²) in [5, 5.41) is 21.2. The summed E-state index contributed by atoms with van der Waals surface area (Å²) in [5.41, 5.74) is 0.667. The summed E-state index contributed by atoms with van der Waals surface area (Å²) in [5.74, 6) is -0.492. The first kappa shape index (κ1) is 11.7. The van der Waals surface area contributed by atoms with Crippen LogP contribution in [0.3, 0.4) is 0 Å². The quantitative estimate of drug-likeness (QED) is 0.468. The topological polar surface area (TPSA) is 96.0 Å². The average Bonchev–Trinajstić information content (AvgIpc) is 2.24. The Morgan fingerprint density at radius 1 is 1.56 bits per heavy atom. The molecule has 0 aromatic heterocycles. The number of rotatable bonds is 3. The fraction of sp³-hybridized carbons (Fsp3) is 0.200. The van der Waals surface area contributed by atoms with Crippen LogP contribution in [0.2, 0.25) is 0 Å². The van der Waals surface area contributed by atoms with Gasteiger partial charge in [-0.3, -0.25) is 14.9 Å². The van der Waals surface area contributed by atoms with E-state index >= 15 is 0 Å². The number of nitrogens with one attached hydrogen (secondary N) is 1. The monoisotopic (exact) mass is 219 g/mol. The molecule has 0 bridgehead atoms. The highest BCUT2D eigenvalue weighted by molar-refractivity contribution is 5.95. The van der Waals surface area contributed by atoms with Gasteiger partial charge in [0.25, 0.3) is 11.6 Å². The van der Waals surface area contributed by atoms with Gasteiger partial charge in [-0.1, -0.05) is 0 Å². The summed E-state index contributed by atoms with van der Waals surface area (Å²) < 4.78 is 0. The molecule has 0 aliphatic rings. The van der Waals surface area contributed by atoms with Gasteiger partial charge >= 0.3 is 0 Å². The number of amides is 1. The smallest absolute Gasteiger partial charge is 0.270 e. The second-order valence-electron chi connectivity index (χ2n) is 3.16. The molecule has 1 amide bonds. The van der Waals surface area contributed by atoms with E-state index in [1.54, 1.807) is 13.0 Å². The van der Waals surface area contributed by atoms with Gasteiger partial charge in [0.15, 0.2) is 0 Å². The molecule has 0 aliphatic carbocycles. The van der Waals surface area contributed by atoms with E-state index in [1.165, 1.54) is 18.2 Å². The predicted molar refractivity (Wildman–Crippen MR) is 55.8 cm³/mol. The van der Waals surface area contributed by atoms with Crippen molar-refractivity contribution in [2.45, 2.75) is 6.92 Å². The Bertz CT molecular complexity index is 477. The van der Waals surface area contributed by atoms with E-state index in [9.17, 15) is 14.9 Å². The van der Waals surface area contributed by atoms with Crippen LogP contribution < -0.4 is 5.32 Å². The van der Waals surface area contributed by atoms with Crippen LogP contribution in [0.15, 0.2) is 18.2 Å². The molecule has 0 saturated carbocycles. The van der Waals surface area contributed by atoms with Crippen molar-refractivity contribution in [2.75, 3.05) is 6.54 Å². The van der Waals surface area contributed by atoms with Crippen molar-refractivity contribution in [3.8, 4) is 6.07 Å². The van der Waals surface area contributed by atoms with Crippen molar-refractivity contribution in [2.24, 2.45) is 0 Å². The first-order chi connectivity index (χ1) is 7.54. The molecule has 82 valence electrons. The molecule has 0 atom stereocenters. The number of hydrogen-bond donors (Lipinski definition) is 1. The van der Waals surface area contributed by atoms with Gasteiger partial charge in [0, 0.05) is 17.7 Å². The Hall–Kier alpha value is -2.42. The third-order valence-electron chi connectivity index (χ3n) is 1.86. The van der Waals surface area contributed by atoms with Crippen LogP contribution in [0.5, 0.6) is 0 Å². The Balaban J connectivity index is 3.01. The number of aryl methyl sites for hydroxylation is 1. The maximum Gasteiger partial charge on any atom is 0.270 e. The number of hydrogen-bond acceptors (Lipinski definition) is 4. The van der Waals surface area contributed by atoms with E-state index < -0.39 is 10.8 Å². The van der Waals surface area contributed by atoms with Crippen LogP contribution in [0, 0.1) is 28.4 Å². The molecule has 1 N–H and O–H groups in total. The highest BCUT2D eigenvalue weighted by Crippen LogP contribution is 2.16. The summed E-state index contributed by atoms with van der Waals surface area (Å²) in [6.07, 6.45) is 0. The largest absolute Gasteiger partial charge is 0.339 e. The number of nitro benzene ring substituents is 1. The summed E-state index contributed by atoms with van der Waals surface area (Å²) in [6, 6.07) is 5.84. The van der Waals surface area contributed by atoms with E-state index in [-0.39, 0.29) is 17.8 Å². The summed E-state index contributed by atoms with van der Waals surface area (Å²) in [7, 11) is 0. The Morgan fingerprint density at radius 3 is 2.81 bits per heavy atom. The maximum atomic E-state index is 11.4. The molecule has 0 aliphatic heterocycles. The first-order valence-corrected chi connectivity index (χ1v) is 4.46. The van der Waals surface area contributed by atoms with Gasteiger partial charge in [-0.2, -0.15) is 5.26 Å². The molecule has 0 fully saturated rings. The third kappa shape index (κ3) is 2.78. The van der Waals surface area contributed by atoms with Gasteiger partial charge in [0.05, 0.1) is 11.0 Å². The minimum atomic E-state index is -0.561. The van der Waals surface area contributed by atoms with Gasteiger partial charge in [0.2, 0.25) is 0 Å². The standard InChI is InChI=1S/C10H9N3O3/c1-7-4-8(10(14)12-3-2-11)6-9(5-7)13(15)16/h4-6H,3H2,1H3,(H,12,14). The molecule has 0 spiro atoms. The minimum Gasteiger partial charge on any atom is -0.339 e. The highest BCUT2D eigenvalue weighted by Gasteiger charge is 2.12. The summed E-state index contributed by atoms with van der Waals surface area (Å²) >= 11 is 0. The summed E-state index contributed by atoms with van der Waals surface area (Å²) in [6.45, 7) is 1.54. The molecule has 6 heteroatoms. The number of benzene rings is 1. The molecular weight excluding hydrogens is 210 g/mol. The van der Waals surface area contributed by atoms with Crippen LogP contribution in [-0.2, 0) is 0 Å². The van der Waals surface area contributed by atoms with Crippen molar-refractivity contribution in [3.05, 3.63) is 39.4 Å². The molecule has 0 heterocycles.